The number of benzene rings is 3. The van der Waals surface area contributed by atoms with Gasteiger partial charge in [0.05, 0.1) is 0 Å². The number of para-hydroxylation sites is 1. The Morgan fingerprint density at radius 3 is 1.61 bits per heavy atom. The zero-order chi connectivity index (χ0) is 23.3. The van der Waals surface area contributed by atoms with Crippen molar-refractivity contribution in [1.82, 2.24) is 0 Å². The average molecular weight is 440 g/mol. The van der Waals surface area contributed by atoms with Gasteiger partial charge < -0.3 is 5.11 Å². The molecule has 0 aliphatic heterocycles. The van der Waals surface area contributed by atoms with E-state index in [4.69, 9.17) is 0 Å². The summed E-state index contributed by atoms with van der Waals surface area (Å²) >= 11 is 0. The number of rotatable bonds is 3. The Morgan fingerprint density at radius 1 is 0.667 bits per heavy atom. The number of carbonyl (C=O) groups is 1. The van der Waals surface area contributed by atoms with Gasteiger partial charge in [-0.15, -0.1) is 0 Å². The van der Waals surface area contributed by atoms with Crippen molar-refractivity contribution >= 4 is 16.9 Å². The third kappa shape index (κ3) is 3.03. The number of ketones is 1. The number of hydrogen-bond donors (Lipinski definition) is 1. The maximum atomic E-state index is 13.1. The average Bonchev–Trinajstić information content (AvgIpc) is 3.13. The molecule has 2 aliphatic rings. The molecule has 8 nitrogen and oxygen atoms in total. The predicted molar refractivity (Wildman–Crippen MR) is 121 cm³/mol. The number of nitro groups is 2. The third-order valence-electron chi connectivity index (χ3n) is 6.07. The van der Waals surface area contributed by atoms with Gasteiger partial charge in [-0.2, -0.15) is 0 Å². The lowest BCUT2D eigenvalue weighted by molar-refractivity contribution is -0.597. The molecule has 0 fully saturated rings. The van der Waals surface area contributed by atoms with Gasteiger partial charge >= 0.3 is 12.1 Å². The van der Waals surface area contributed by atoms with Crippen molar-refractivity contribution < 1.29 is 19.7 Å². The molecule has 2 aliphatic carbocycles. The second-order valence-electron chi connectivity index (χ2n) is 7.82. The molecule has 5 rings (SSSR count). The quantitative estimate of drug-likeness (QED) is 0.377. The van der Waals surface area contributed by atoms with Crippen LogP contribution in [0.4, 0.5) is 0 Å². The molecule has 0 aromatic heterocycles. The van der Waals surface area contributed by atoms with E-state index in [1.165, 1.54) is 18.2 Å². The molecule has 8 heteroatoms. The molecule has 3 aromatic rings. The highest BCUT2D eigenvalue weighted by Gasteiger charge is 2.54. The maximum Gasteiger partial charge on any atom is 0.344 e. The minimum atomic E-state index is -2.12. The fourth-order valence-electron chi connectivity index (χ4n) is 4.68. The van der Waals surface area contributed by atoms with Crippen LogP contribution in [-0.4, -0.2) is 32.8 Å². The first-order valence-corrected chi connectivity index (χ1v) is 10.1. The lowest BCUT2D eigenvalue weighted by atomic mass is 9.79. The summed E-state index contributed by atoms with van der Waals surface area (Å²) in [4.78, 5) is 35.6. The second kappa shape index (κ2) is 7.52. The van der Waals surface area contributed by atoms with Gasteiger partial charge in [-0.25, -0.2) is 0 Å². The van der Waals surface area contributed by atoms with Crippen molar-refractivity contribution in [1.29, 1.82) is 0 Å². The van der Waals surface area contributed by atoms with Crippen molar-refractivity contribution in [2.45, 2.75) is 12.1 Å². The van der Waals surface area contributed by atoms with Gasteiger partial charge in [-0.1, -0.05) is 66.7 Å². The van der Waals surface area contributed by atoms with Crippen LogP contribution in [0.15, 0.2) is 84.4 Å². The van der Waals surface area contributed by atoms with Crippen molar-refractivity contribution in [2.24, 2.45) is 0 Å². The molecule has 0 heterocycles. The smallest absolute Gasteiger partial charge is 0.344 e. The Morgan fingerprint density at radius 2 is 1.12 bits per heavy atom. The summed E-state index contributed by atoms with van der Waals surface area (Å²) in [5, 5.41) is 34.4. The SMILES string of the molecule is O=C1C(c2ccccc2O)=CC(=C2c3ccccc3-c3ccccc32)C([N+](=O)[O-])C1[N+](=O)[O-]. The summed E-state index contributed by atoms with van der Waals surface area (Å²) in [7, 11) is 0. The third-order valence-corrected chi connectivity index (χ3v) is 6.07. The predicted octanol–water partition coefficient (Wildman–Crippen LogP) is 4.13. The van der Waals surface area contributed by atoms with E-state index in [0.717, 1.165) is 11.1 Å². The molecule has 33 heavy (non-hydrogen) atoms. The Kier molecular flexibility index (Phi) is 4.63. The summed E-state index contributed by atoms with van der Waals surface area (Å²) in [6, 6.07) is 16.6. The van der Waals surface area contributed by atoms with Crippen LogP contribution in [0.25, 0.3) is 22.3 Å². The highest BCUT2D eigenvalue weighted by atomic mass is 16.6. The van der Waals surface area contributed by atoms with Crippen LogP contribution < -0.4 is 0 Å². The van der Waals surface area contributed by atoms with Crippen molar-refractivity contribution in [3.63, 3.8) is 0 Å². The van der Waals surface area contributed by atoms with Crippen molar-refractivity contribution in [3.8, 4) is 16.9 Å². The van der Waals surface area contributed by atoms with E-state index in [1.54, 1.807) is 36.4 Å². The molecule has 2 unspecified atom stereocenters. The fourth-order valence-corrected chi connectivity index (χ4v) is 4.68. The Balaban J connectivity index is 1.91. The molecule has 1 N–H and O–H groups in total. The molecule has 0 radical (unpaired) electrons. The molecular weight excluding hydrogens is 424 g/mol. The summed E-state index contributed by atoms with van der Waals surface area (Å²) in [5.74, 6) is -1.25. The second-order valence-corrected chi connectivity index (χ2v) is 7.82. The molecule has 0 saturated carbocycles. The van der Waals surface area contributed by atoms with Crippen molar-refractivity contribution in [2.75, 3.05) is 0 Å². The van der Waals surface area contributed by atoms with Gasteiger partial charge in [0.2, 0.25) is 5.78 Å². The van der Waals surface area contributed by atoms with Crippen LogP contribution in [0, 0.1) is 20.2 Å². The Hall–Kier alpha value is -4.59. The largest absolute Gasteiger partial charge is 0.507 e. The summed E-state index contributed by atoms with van der Waals surface area (Å²) in [6.45, 7) is 0. The summed E-state index contributed by atoms with van der Waals surface area (Å²) < 4.78 is 0. The van der Waals surface area contributed by atoms with Crippen LogP contribution in [0.1, 0.15) is 16.7 Å². The zero-order valence-electron chi connectivity index (χ0n) is 17.0. The summed E-state index contributed by atoms with van der Waals surface area (Å²) in [5.41, 5.74) is 3.61. The molecule has 0 saturated heterocycles. The molecule has 0 amide bonds. The number of phenolic OH excluding ortho intramolecular Hbond substituents is 1. The topological polar surface area (TPSA) is 124 Å². The molecule has 2 atom stereocenters. The van der Waals surface area contributed by atoms with E-state index in [-0.39, 0.29) is 22.5 Å². The molecule has 0 bridgehead atoms. The lowest BCUT2D eigenvalue weighted by Gasteiger charge is -2.24. The van der Waals surface area contributed by atoms with Crippen LogP contribution in [0.2, 0.25) is 0 Å². The van der Waals surface area contributed by atoms with Crippen LogP contribution in [0.5, 0.6) is 5.75 Å². The number of hydrogen-bond acceptors (Lipinski definition) is 6. The minimum Gasteiger partial charge on any atom is -0.507 e. The maximum absolute atomic E-state index is 13.1. The van der Waals surface area contributed by atoms with E-state index < -0.39 is 27.7 Å². The lowest BCUT2D eigenvalue weighted by Crippen LogP contribution is -2.49. The molecule has 3 aromatic carbocycles. The normalized spacial score (nSPS) is 19.0. The van der Waals surface area contributed by atoms with Gasteiger partial charge in [-0.05, 0) is 34.4 Å². The summed E-state index contributed by atoms with van der Waals surface area (Å²) in [6.07, 6.45) is 1.33. The fraction of sp³-hybridized carbons (Fsp3) is 0.0800. The minimum absolute atomic E-state index is 0.0666. The van der Waals surface area contributed by atoms with Crippen LogP contribution in [-0.2, 0) is 4.79 Å². The number of phenols is 1. The van der Waals surface area contributed by atoms with Crippen LogP contribution in [0.3, 0.4) is 0 Å². The molecule has 0 spiro atoms. The number of fused-ring (bicyclic) bond motifs is 3. The Bertz CT molecular complexity index is 1370. The standard InChI is InChI=1S/C25H16N2O6/c28-21-12-6-5-9-16(21)19-13-20(23(26(30)31)24(25(19)29)27(32)33)22-17-10-3-1-7-14(17)15-8-2-4-11-18(15)22/h1-13,23-24,28H. The van der Waals surface area contributed by atoms with Crippen LogP contribution >= 0.6 is 0 Å². The Labute approximate surface area is 187 Å². The first-order chi connectivity index (χ1) is 15.9. The first-order valence-electron chi connectivity index (χ1n) is 10.1. The number of aromatic hydroxyl groups is 1. The number of Topliss-reactive ketones (excluding diaryl/α,β-unsaturated/α-hetero) is 1. The monoisotopic (exact) mass is 440 g/mol. The van der Waals surface area contributed by atoms with Gasteiger partial charge in [0.25, 0.3) is 0 Å². The highest BCUT2D eigenvalue weighted by Crippen LogP contribution is 2.48. The number of nitrogens with zero attached hydrogens (tertiary/aromatic N) is 2. The van der Waals surface area contributed by atoms with E-state index in [9.17, 15) is 30.1 Å². The molecular formula is C25H16N2O6. The van der Waals surface area contributed by atoms with Gasteiger partial charge in [0.1, 0.15) is 5.75 Å². The zero-order valence-corrected chi connectivity index (χ0v) is 17.0. The molecule has 162 valence electrons. The van der Waals surface area contributed by atoms with Gasteiger partial charge in [-0.3, -0.25) is 25.0 Å². The van der Waals surface area contributed by atoms with E-state index in [1.807, 2.05) is 24.3 Å². The van der Waals surface area contributed by atoms with E-state index in [2.05, 4.69) is 0 Å². The van der Waals surface area contributed by atoms with E-state index in [0.29, 0.717) is 16.7 Å². The van der Waals surface area contributed by atoms with Crippen molar-refractivity contribution in [3.05, 3.63) is 121 Å². The highest BCUT2D eigenvalue weighted by molar-refractivity contribution is 6.26. The van der Waals surface area contributed by atoms with Gasteiger partial charge in [0, 0.05) is 32.1 Å². The number of carbonyl (C=O) groups excluding carboxylic acids is 1. The van der Waals surface area contributed by atoms with E-state index >= 15 is 0 Å². The van der Waals surface area contributed by atoms with Gasteiger partial charge in [0.15, 0.2) is 0 Å². The first kappa shape index (κ1) is 20.3.